The predicted molar refractivity (Wildman–Crippen MR) is 73.8 cm³/mol. The van der Waals surface area contributed by atoms with Gasteiger partial charge in [-0.25, -0.2) is 14.6 Å². The number of H-pyrrole nitrogens is 1. The van der Waals surface area contributed by atoms with Crippen LogP contribution in [0.5, 0.6) is 0 Å². The molecule has 1 aromatic rings. The summed E-state index contributed by atoms with van der Waals surface area (Å²) in [5.74, 6) is -1.09. The van der Waals surface area contributed by atoms with Gasteiger partial charge >= 0.3 is 12.0 Å². The maximum atomic E-state index is 12.0. The van der Waals surface area contributed by atoms with Crippen molar-refractivity contribution in [1.29, 1.82) is 0 Å². The summed E-state index contributed by atoms with van der Waals surface area (Å²) in [5.41, 5.74) is 0.189. The molecule has 0 bridgehead atoms. The molecule has 1 aliphatic heterocycles. The molecule has 1 aromatic heterocycles. The van der Waals surface area contributed by atoms with E-state index in [1.807, 2.05) is 6.92 Å². The van der Waals surface area contributed by atoms with E-state index >= 15 is 0 Å². The van der Waals surface area contributed by atoms with Gasteiger partial charge in [-0.2, -0.15) is 0 Å². The number of aromatic amines is 1. The average Bonchev–Trinajstić information content (AvgIpc) is 2.91. The molecule has 8 nitrogen and oxygen atoms in total. The topological polar surface area (TPSA) is 116 Å². The summed E-state index contributed by atoms with van der Waals surface area (Å²) < 4.78 is 5.35. The van der Waals surface area contributed by atoms with Crippen LogP contribution >= 0.6 is 0 Å². The molecule has 2 unspecified atom stereocenters. The molecule has 1 aliphatic rings. The highest BCUT2D eigenvalue weighted by molar-refractivity contribution is 5.83. The number of nitrogens with one attached hydrogen (secondary N) is 3. The Morgan fingerprint density at radius 2 is 2.43 bits per heavy atom. The van der Waals surface area contributed by atoms with Crippen LogP contribution in [-0.4, -0.2) is 51.9 Å². The number of hydrogen-bond acceptors (Lipinski definition) is 4. The van der Waals surface area contributed by atoms with E-state index in [1.54, 1.807) is 0 Å². The van der Waals surface area contributed by atoms with E-state index in [9.17, 15) is 14.7 Å². The summed E-state index contributed by atoms with van der Waals surface area (Å²) in [6.07, 6.45) is 4.82. The van der Waals surface area contributed by atoms with Crippen LogP contribution in [0, 0.1) is 0 Å². The first-order valence-corrected chi connectivity index (χ1v) is 6.85. The molecule has 4 N–H and O–H groups in total. The highest BCUT2D eigenvalue weighted by Crippen LogP contribution is 2.18. The Kier molecular flexibility index (Phi) is 4.79. The van der Waals surface area contributed by atoms with Gasteiger partial charge in [0.1, 0.15) is 6.04 Å². The number of ether oxygens (including phenoxy) is 1. The zero-order valence-electron chi connectivity index (χ0n) is 11.9. The lowest BCUT2D eigenvalue weighted by molar-refractivity contribution is -0.139. The molecule has 1 saturated heterocycles. The monoisotopic (exact) mass is 296 g/mol. The number of hydrogen-bond donors (Lipinski definition) is 4. The number of carbonyl (C=O) groups excluding carboxylic acids is 1. The highest BCUT2D eigenvalue weighted by atomic mass is 16.5. The number of rotatable bonds is 5. The largest absolute Gasteiger partial charge is 0.480 e. The van der Waals surface area contributed by atoms with Gasteiger partial charge in [0, 0.05) is 24.9 Å². The van der Waals surface area contributed by atoms with E-state index in [0.29, 0.717) is 18.9 Å². The summed E-state index contributed by atoms with van der Waals surface area (Å²) in [6.45, 7) is 3.01. The SMILES string of the molecule is CC1(NC(=O)NC(Cc2cnc[nH]2)C(=O)O)CCCOC1. The van der Waals surface area contributed by atoms with Gasteiger partial charge in [-0.05, 0) is 19.8 Å². The highest BCUT2D eigenvalue weighted by Gasteiger charge is 2.30. The maximum Gasteiger partial charge on any atom is 0.326 e. The number of amides is 2. The van der Waals surface area contributed by atoms with Crippen molar-refractivity contribution in [1.82, 2.24) is 20.6 Å². The second-order valence-electron chi connectivity index (χ2n) is 5.49. The molecule has 0 aromatic carbocycles. The fraction of sp³-hybridized carbons (Fsp3) is 0.615. The van der Waals surface area contributed by atoms with E-state index in [4.69, 9.17) is 4.74 Å². The maximum absolute atomic E-state index is 12.0. The predicted octanol–water partition coefficient (Wildman–Crippen LogP) is 0.274. The zero-order valence-corrected chi connectivity index (χ0v) is 11.9. The number of nitrogens with zero attached hydrogens (tertiary/aromatic N) is 1. The molecule has 2 heterocycles. The lowest BCUT2D eigenvalue weighted by Gasteiger charge is -2.34. The van der Waals surface area contributed by atoms with Crippen molar-refractivity contribution in [3.05, 3.63) is 18.2 Å². The summed E-state index contributed by atoms with van der Waals surface area (Å²) in [6, 6.07) is -1.52. The molecule has 2 amide bonds. The second-order valence-corrected chi connectivity index (χ2v) is 5.49. The van der Waals surface area contributed by atoms with Gasteiger partial charge < -0.3 is 25.5 Å². The normalized spacial score (nSPS) is 23.3. The van der Waals surface area contributed by atoms with Gasteiger partial charge in [-0.3, -0.25) is 0 Å². The standard InChI is InChI=1S/C13H20N4O4/c1-13(3-2-4-21-7-13)17-12(20)16-10(11(18)19)5-9-6-14-8-15-9/h6,8,10H,2-5,7H2,1H3,(H,14,15)(H,18,19)(H2,16,17,20). The first-order chi connectivity index (χ1) is 9.98. The van der Waals surface area contributed by atoms with Gasteiger partial charge in [0.2, 0.25) is 0 Å². The quantitative estimate of drug-likeness (QED) is 0.622. The Balaban J connectivity index is 1.90. The van der Waals surface area contributed by atoms with Crippen molar-refractivity contribution in [2.45, 2.75) is 37.8 Å². The van der Waals surface area contributed by atoms with Gasteiger partial charge in [0.15, 0.2) is 0 Å². The Morgan fingerprint density at radius 3 is 3.00 bits per heavy atom. The van der Waals surface area contributed by atoms with Crippen LogP contribution < -0.4 is 10.6 Å². The minimum atomic E-state index is -1.09. The van der Waals surface area contributed by atoms with Crippen LogP contribution in [0.3, 0.4) is 0 Å². The Hall–Kier alpha value is -2.09. The first kappa shape index (κ1) is 15.3. The van der Waals surface area contributed by atoms with Gasteiger partial charge in [-0.1, -0.05) is 0 Å². The molecule has 0 radical (unpaired) electrons. The minimum absolute atomic E-state index is 0.149. The summed E-state index contributed by atoms with van der Waals surface area (Å²) in [7, 11) is 0. The lowest BCUT2D eigenvalue weighted by Crippen LogP contribution is -2.57. The lowest BCUT2D eigenvalue weighted by atomic mass is 9.95. The second kappa shape index (κ2) is 6.57. The summed E-state index contributed by atoms with van der Waals surface area (Å²) in [5, 5.41) is 14.5. The number of aromatic nitrogens is 2. The van der Waals surface area contributed by atoms with Crippen LogP contribution in [0.1, 0.15) is 25.5 Å². The van der Waals surface area contributed by atoms with Crippen molar-refractivity contribution in [3.8, 4) is 0 Å². The molecule has 2 atom stereocenters. The molecule has 0 spiro atoms. The van der Waals surface area contributed by atoms with Crippen molar-refractivity contribution in [2.75, 3.05) is 13.2 Å². The van der Waals surface area contributed by atoms with Gasteiger partial charge in [0.25, 0.3) is 0 Å². The molecular formula is C13H20N4O4. The molecule has 21 heavy (non-hydrogen) atoms. The minimum Gasteiger partial charge on any atom is -0.480 e. The first-order valence-electron chi connectivity index (χ1n) is 6.85. The number of carboxylic acid groups (broad SMARTS) is 1. The van der Waals surface area contributed by atoms with E-state index in [2.05, 4.69) is 20.6 Å². The Bertz CT molecular complexity index is 482. The molecular weight excluding hydrogens is 276 g/mol. The average molecular weight is 296 g/mol. The van der Waals surface area contributed by atoms with Crippen LogP contribution in [0.15, 0.2) is 12.5 Å². The molecule has 8 heteroatoms. The van der Waals surface area contributed by atoms with Crippen LogP contribution in [0.2, 0.25) is 0 Å². The van der Waals surface area contributed by atoms with E-state index in [0.717, 1.165) is 12.8 Å². The summed E-state index contributed by atoms with van der Waals surface area (Å²) >= 11 is 0. The molecule has 2 rings (SSSR count). The van der Waals surface area contributed by atoms with E-state index in [1.165, 1.54) is 12.5 Å². The molecule has 0 saturated carbocycles. The van der Waals surface area contributed by atoms with Crippen LogP contribution in [0.4, 0.5) is 4.79 Å². The number of aliphatic carboxylic acids is 1. The molecule has 0 aliphatic carbocycles. The fourth-order valence-electron chi connectivity index (χ4n) is 2.32. The summed E-state index contributed by atoms with van der Waals surface area (Å²) in [4.78, 5) is 29.9. The third-order valence-corrected chi connectivity index (χ3v) is 3.44. The van der Waals surface area contributed by atoms with E-state index < -0.39 is 23.6 Å². The number of carbonyl (C=O) groups is 2. The zero-order chi connectivity index (χ0) is 15.3. The number of urea groups is 1. The number of imidazole rings is 1. The van der Waals surface area contributed by atoms with Crippen LogP contribution in [0.25, 0.3) is 0 Å². The van der Waals surface area contributed by atoms with Gasteiger partial charge in [-0.15, -0.1) is 0 Å². The van der Waals surface area contributed by atoms with E-state index in [-0.39, 0.29) is 6.42 Å². The Morgan fingerprint density at radius 1 is 1.62 bits per heavy atom. The third kappa shape index (κ3) is 4.45. The Labute approximate surface area is 122 Å². The molecule has 116 valence electrons. The number of carboxylic acids is 1. The van der Waals surface area contributed by atoms with Crippen LogP contribution in [-0.2, 0) is 16.0 Å². The third-order valence-electron chi connectivity index (χ3n) is 3.44. The van der Waals surface area contributed by atoms with Crippen molar-refractivity contribution in [2.24, 2.45) is 0 Å². The molecule has 1 fully saturated rings. The van der Waals surface area contributed by atoms with Crippen molar-refractivity contribution >= 4 is 12.0 Å². The van der Waals surface area contributed by atoms with Crippen molar-refractivity contribution < 1.29 is 19.4 Å². The van der Waals surface area contributed by atoms with Gasteiger partial charge in [0.05, 0.1) is 18.5 Å². The fourth-order valence-corrected chi connectivity index (χ4v) is 2.32. The van der Waals surface area contributed by atoms with Crippen molar-refractivity contribution in [3.63, 3.8) is 0 Å². The smallest absolute Gasteiger partial charge is 0.326 e.